The maximum atomic E-state index is 11.6. The highest BCUT2D eigenvalue weighted by Gasteiger charge is 2.11. The summed E-state index contributed by atoms with van der Waals surface area (Å²) in [4.78, 5) is 12.6. The van der Waals surface area contributed by atoms with E-state index in [1.54, 1.807) is 11.8 Å². The Bertz CT molecular complexity index is 336. The minimum absolute atomic E-state index is 0.121. The van der Waals surface area contributed by atoms with Gasteiger partial charge in [0.05, 0.1) is 6.61 Å². The van der Waals surface area contributed by atoms with Crippen LogP contribution in [-0.4, -0.2) is 22.7 Å². The van der Waals surface area contributed by atoms with E-state index in [2.05, 4.69) is 0 Å². The predicted octanol–water partition coefficient (Wildman–Crippen LogP) is 2.75. The molecule has 0 radical (unpaired) electrons. The Morgan fingerprint density at radius 3 is 2.73 bits per heavy atom. The zero-order chi connectivity index (χ0) is 11.3. The van der Waals surface area contributed by atoms with E-state index in [0.717, 1.165) is 10.5 Å². The SMILES string of the molecule is CCC(=O)c1ccccc1SC(C)CO. The third-order valence-corrected chi connectivity index (χ3v) is 3.26. The molecule has 3 heteroatoms. The summed E-state index contributed by atoms with van der Waals surface area (Å²) in [5.74, 6) is 0.156. The molecule has 0 aliphatic carbocycles. The van der Waals surface area contributed by atoms with Crippen molar-refractivity contribution in [3.8, 4) is 0 Å². The minimum atomic E-state index is 0.121. The zero-order valence-electron chi connectivity index (χ0n) is 9.06. The van der Waals surface area contributed by atoms with Gasteiger partial charge in [-0.2, -0.15) is 0 Å². The second-order valence-corrected chi connectivity index (χ2v) is 4.86. The standard InChI is InChI=1S/C12H16O2S/c1-3-11(14)10-6-4-5-7-12(10)15-9(2)8-13/h4-7,9,13H,3,8H2,1-2H3. The Morgan fingerprint density at radius 1 is 1.47 bits per heavy atom. The van der Waals surface area contributed by atoms with Gasteiger partial charge in [0.25, 0.3) is 0 Å². The van der Waals surface area contributed by atoms with Crippen LogP contribution in [0.25, 0.3) is 0 Å². The summed E-state index contributed by atoms with van der Waals surface area (Å²) in [5.41, 5.74) is 0.769. The van der Waals surface area contributed by atoms with Crippen molar-refractivity contribution in [2.24, 2.45) is 0 Å². The van der Waals surface area contributed by atoms with Crippen LogP contribution in [0.3, 0.4) is 0 Å². The number of benzene rings is 1. The topological polar surface area (TPSA) is 37.3 Å². The molecule has 0 aliphatic heterocycles. The smallest absolute Gasteiger partial charge is 0.163 e. The Morgan fingerprint density at radius 2 is 2.13 bits per heavy atom. The van der Waals surface area contributed by atoms with Crippen LogP contribution in [0.5, 0.6) is 0 Å². The van der Waals surface area contributed by atoms with E-state index < -0.39 is 0 Å². The van der Waals surface area contributed by atoms with Gasteiger partial charge < -0.3 is 5.11 Å². The number of hydrogen-bond donors (Lipinski definition) is 1. The Balaban J connectivity index is 2.91. The molecule has 0 amide bonds. The third-order valence-electron chi connectivity index (χ3n) is 2.09. The normalized spacial score (nSPS) is 12.5. The Kier molecular flexibility index (Phi) is 4.85. The first kappa shape index (κ1) is 12.3. The van der Waals surface area contributed by atoms with Crippen LogP contribution in [0.2, 0.25) is 0 Å². The first-order valence-corrected chi connectivity index (χ1v) is 5.96. The minimum Gasteiger partial charge on any atom is -0.395 e. The molecule has 15 heavy (non-hydrogen) atoms. The maximum Gasteiger partial charge on any atom is 0.163 e. The molecule has 0 aliphatic rings. The van der Waals surface area contributed by atoms with Crippen molar-refractivity contribution in [2.45, 2.75) is 30.4 Å². The molecule has 0 heterocycles. The van der Waals surface area contributed by atoms with Crippen LogP contribution in [-0.2, 0) is 0 Å². The number of Topliss-reactive ketones (excluding diaryl/α,β-unsaturated/α-hetero) is 1. The number of aliphatic hydroxyl groups is 1. The van der Waals surface area contributed by atoms with E-state index >= 15 is 0 Å². The zero-order valence-corrected chi connectivity index (χ0v) is 9.88. The highest BCUT2D eigenvalue weighted by Crippen LogP contribution is 2.27. The summed E-state index contributed by atoms with van der Waals surface area (Å²) >= 11 is 1.54. The van der Waals surface area contributed by atoms with Gasteiger partial charge in [-0.05, 0) is 6.07 Å². The van der Waals surface area contributed by atoms with Crippen molar-refractivity contribution >= 4 is 17.5 Å². The summed E-state index contributed by atoms with van der Waals surface area (Å²) in [6.07, 6.45) is 0.519. The first-order valence-electron chi connectivity index (χ1n) is 5.08. The van der Waals surface area contributed by atoms with Crippen LogP contribution in [0.4, 0.5) is 0 Å². The average molecular weight is 224 g/mol. The predicted molar refractivity (Wildman–Crippen MR) is 63.5 cm³/mol. The molecule has 0 fully saturated rings. The lowest BCUT2D eigenvalue weighted by Gasteiger charge is -2.10. The molecule has 82 valence electrons. The number of rotatable bonds is 5. The summed E-state index contributed by atoms with van der Waals surface area (Å²) in [5, 5.41) is 9.10. The van der Waals surface area contributed by atoms with Gasteiger partial charge in [0, 0.05) is 22.1 Å². The molecule has 1 unspecified atom stereocenters. The number of thioether (sulfide) groups is 1. The van der Waals surface area contributed by atoms with Crippen LogP contribution in [0.1, 0.15) is 30.6 Å². The number of carbonyl (C=O) groups excluding carboxylic acids is 1. The molecule has 0 saturated carbocycles. The second-order valence-electron chi connectivity index (χ2n) is 3.38. The summed E-state index contributed by atoms with van der Waals surface area (Å²) < 4.78 is 0. The van der Waals surface area contributed by atoms with Crippen LogP contribution >= 0.6 is 11.8 Å². The highest BCUT2D eigenvalue weighted by atomic mass is 32.2. The van der Waals surface area contributed by atoms with Crippen molar-refractivity contribution in [2.75, 3.05) is 6.61 Å². The lowest BCUT2D eigenvalue weighted by molar-refractivity contribution is 0.0985. The molecule has 0 bridgehead atoms. The van der Waals surface area contributed by atoms with Crippen molar-refractivity contribution in [1.82, 2.24) is 0 Å². The quantitative estimate of drug-likeness (QED) is 0.617. The van der Waals surface area contributed by atoms with E-state index in [1.165, 1.54) is 0 Å². The van der Waals surface area contributed by atoms with Gasteiger partial charge >= 0.3 is 0 Å². The van der Waals surface area contributed by atoms with E-state index in [1.807, 2.05) is 38.1 Å². The average Bonchev–Trinajstić information content (AvgIpc) is 2.28. The molecule has 1 aromatic carbocycles. The van der Waals surface area contributed by atoms with Crippen molar-refractivity contribution in [3.63, 3.8) is 0 Å². The van der Waals surface area contributed by atoms with Crippen molar-refractivity contribution < 1.29 is 9.90 Å². The van der Waals surface area contributed by atoms with Crippen molar-refractivity contribution in [1.29, 1.82) is 0 Å². The summed E-state index contributed by atoms with van der Waals surface area (Å²) in [7, 11) is 0. The van der Waals surface area contributed by atoms with E-state index in [4.69, 9.17) is 5.11 Å². The molecule has 0 aromatic heterocycles. The first-order chi connectivity index (χ1) is 7.19. The monoisotopic (exact) mass is 224 g/mol. The molecule has 0 saturated heterocycles. The molecular weight excluding hydrogens is 208 g/mol. The molecule has 1 aromatic rings. The van der Waals surface area contributed by atoms with Crippen molar-refractivity contribution in [3.05, 3.63) is 29.8 Å². The van der Waals surface area contributed by atoms with Crippen LogP contribution in [0.15, 0.2) is 29.2 Å². The molecule has 2 nitrogen and oxygen atoms in total. The second kappa shape index (κ2) is 5.93. The summed E-state index contributed by atoms with van der Waals surface area (Å²) in [6, 6.07) is 7.56. The van der Waals surface area contributed by atoms with Gasteiger partial charge in [0.2, 0.25) is 0 Å². The molecule has 1 atom stereocenters. The van der Waals surface area contributed by atoms with Crippen LogP contribution in [0, 0.1) is 0 Å². The Hall–Kier alpha value is -0.800. The van der Waals surface area contributed by atoms with E-state index in [9.17, 15) is 4.79 Å². The van der Waals surface area contributed by atoms with E-state index in [-0.39, 0.29) is 17.6 Å². The van der Waals surface area contributed by atoms with Gasteiger partial charge in [-0.15, -0.1) is 11.8 Å². The summed E-state index contributed by atoms with van der Waals surface area (Å²) in [6.45, 7) is 3.93. The van der Waals surface area contributed by atoms with E-state index in [0.29, 0.717) is 6.42 Å². The molecule has 1 rings (SSSR count). The van der Waals surface area contributed by atoms with Gasteiger partial charge in [-0.3, -0.25) is 4.79 Å². The largest absolute Gasteiger partial charge is 0.395 e. The lowest BCUT2D eigenvalue weighted by atomic mass is 10.1. The fraction of sp³-hybridized carbons (Fsp3) is 0.417. The molecule has 0 spiro atoms. The Labute approximate surface area is 94.7 Å². The fourth-order valence-electron chi connectivity index (χ4n) is 1.24. The third kappa shape index (κ3) is 3.36. The van der Waals surface area contributed by atoms with Gasteiger partial charge in [0.15, 0.2) is 5.78 Å². The maximum absolute atomic E-state index is 11.6. The van der Waals surface area contributed by atoms with Gasteiger partial charge in [-0.1, -0.05) is 32.0 Å². The fourth-order valence-corrected chi connectivity index (χ4v) is 2.22. The number of ketones is 1. The van der Waals surface area contributed by atoms with Gasteiger partial charge in [-0.25, -0.2) is 0 Å². The molecule has 1 N–H and O–H groups in total. The number of carbonyl (C=O) groups is 1. The van der Waals surface area contributed by atoms with Gasteiger partial charge in [0.1, 0.15) is 0 Å². The van der Waals surface area contributed by atoms with Crippen LogP contribution < -0.4 is 0 Å². The lowest BCUT2D eigenvalue weighted by Crippen LogP contribution is -2.05. The highest BCUT2D eigenvalue weighted by molar-refractivity contribution is 8.00. The number of aliphatic hydroxyl groups excluding tert-OH is 1. The number of hydrogen-bond acceptors (Lipinski definition) is 3. The molecular formula is C12H16O2S.